The number of para-hydroxylation sites is 1. The van der Waals surface area contributed by atoms with Gasteiger partial charge in [-0.05, 0) is 25.5 Å². The summed E-state index contributed by atoms with van der Waals surface area (Å²) in [6.45, 7) is 6.38. The minimum absolute atomic E-state index is 0.0158. The molecule has 4 rings (SSSR count). The van der Waals surface area contributed by atoms with Crippen molar-refractivity contribution in [1.82, 2.24) is 4.90 Å². The molecule has 0 unspecified atom stereocenters. The Balaban J connectivity index is 1.46. The van der Waals surface area contributed by atoms with Crippen LogP contribution < -0.4 is 4.90 Å². The molecule has 0 bridgehead atoms. The molecular weight excluding hydrogens is 320 g/mol. The number of likely N-dealkylation sites (tertiary alicyclic amines) is 1. The van der Waals surface area contributed by atoms with Gasteiger partial charge >= 0.3 is 0 Å². The summed E-state index contributed by atoms with van der Waals surface area (Å²) in [7, 11) is 0. The predicted molar refractivity (Wildman–Crippen MR) is 92.3 cm³/mol. The minimum Gasteiger partial charge on any atom is -0.347 e. The first kappa shape index (κ1) is 16.5. The molecule has 25 heavy (non-hydrogen) atoms. The summed E-state index contributed by atoms with van der Waals surface area (Å²) in [5, 5.41) is 0. The highest BCUT2D eigenvalue weighted by atomic mass is 16.7. The van der Waals surface area contributed by atoms with E-state index in [9.17, 15) is 9.59 Å². The summed E-state index contributed by atoms with van der Waals surface area (Å²) < 4.78 is 11.4. The third-order valence-corrected chi connectivity index (χ3v) is 5.63. The molecule has 3 heterocycles. The van der Waals surface area contributed by atoms with Crippen molar-refractivity contribution in [3.63, 3.8) is 0 Å². The lowest BCUT2D eigenvalue weighted by Crippen LogP contribution is -2.50. The second-order valence-electron chi connectivity index (χ2n) is 7.52. The van der Waals surface area contributed by atoms with E-state index in [1.807, 2.05) is 43.0 Å². The number of rotatable bonds is 2. The summed E-state index contributed by atoms with van der Waals surface area (Å²) >= 11 is 0. The predicted octanol–water partition coefficient (Wildman–Crippen LogP) is 1.68. The van der Waals surface area contributed by atoms with E-state index in [-0.39, 0.29) is 18.4 Å². The van der Waals surface area contributed by atoms with Crippen LogP contribution in [-0.4, -0.2) is 55.3 Å². The van der Waals surface area contributed by atoms with Gasteiger partial charge in [-0.25, -0.2) is 0 Å². The topological polar surface area (TPSA) is 59.1 Å². The van der Waals surface area contributed by atoms with Gasteiger partial charge in [-0.15, -0.1) is 0 Å². The van der Waals surface area contributed by atoms with Gasteiger partial charge in [0.25, 0.3) is 0 Å². The fourth-order valence-electron chi connectivity index (χ4n) is 4.07. The van der Waals surface area contributed by atoms with E-state index >= 15 is 0 Å². The Morgan fingerprint density at radius 3 is 2.44 bits per heavy atom. The highest BCUT2D eigenvalue weighted by Gasteiger charge is 2.45. The average Bonchev–Trinajstić information content (AvgIpc) is 3.13. The number of fused-ring (bicyclic) bond motifs is 1. The lowest BCUT2D eigenvalue weighted by molar-refractivity contribution is -0.187. The molecule has 0 N–H and O–H groups in total. The summed E-state index contributed by atoms with van der Waals surface area (Å²) in [4.78, 5) is 29.0. The molecule has 1 aromatic rings. The van der Waals surface area contributed by atoms with Crippen molar-refractivity contribution in [3.8, 4) is 0 Å². The van der Waals surface area contributed by atoms with E-state index in [4.69, 9.17) is 9.47 Å². The van der Waals surface area contributed by atoms with Crippen LogP contribution in [0.15, 0.2) is 24.3 Å². The number of ether oxygens (including phenoxy) is 2. The number of carbonyl (C=O) groups is 2. The fraction of sp³-hybridized carbons (Fsp3) is 0.579. The third-order valence-electron chi connectivity index (χ3n) is 5.63. The zero-order valence-corrected chi connectivity index (χ0v) is 14.8. The normalized spacial score (nSPS) is 24.0. The van der Waals surface area contributed by atoms with Crippen LogP contribution in [0.5, 0.6) is 0 Å². The van der Waals surface area contributed by atoms with E-state index in [0.29, 0.717) is 39.1 Å². The highest BCUT2D eigenvalue weighted by molar-refractivity contribution is 6.10. The van der Waals surface area contributed by atoms with Crippen molar-refractivity contribution >= 4 is 17.5 Å². The second-order valence-corrected chi connectivity index (χ2v) is 7.52. The van der Waals surface area contributed by atoms with Gasteiger partial charge in [-0.1, -0.05) is 18.2 Å². The number of piperidine rings is 1. The molecule has 6 heteroatoms. The number of hydrogen-bond donors (Lipinski definition) is 0. The quantitative estimate of drug-likeness (QED) is 0.819. The van der Waals surface area contributed by atoms with Crippen LogP contribution in [0.1, 0.15) is 32.3 Å². The van der Waals surface area contributed by atoms with Crippen LogP contribution in [0, 0.1) is 0 Å². The maximum absolute atomic E-state index is 12.8. The first-order chi connectivity index (χ1) is 11.9. The molecule has 3 aliphatic heterocycles. The lowest BCUT2D eigenvalue weighted by Gasteiger charge is -2.38. The minimum atomic E-state index is -0.589. The van der Waals surface area contributed by atoms with E-state index < -0.39 is 11.2 Å². The summed E-state index contributed by atoms with van der Waals surface area (Å²) in [6.07, 6.45) is 1.38. The molecule has 3 aliphatic rings. The van der Waals surface area contributed by atoms with E-state index in [0.717, 1.165) is 11.3 Å². The van der Waals surface area contributed by atoms with Gasteiger partial charge in [0.05, 0.1) is 18.6 Å². The number of anilines is 1. The van der Waals surface area contributed by atoms with Crippen molar-refractivity contribution in [3.05, 3.63) is 29.8 Å². The Morgan fingerprint density at radius 2 is 1.76 bits per heavy atom. The molecule has 0 atom stereocenters. The first-order valence-corrected chi connectivity index (χ1v) is 8.90. The van der Waals surface area contributed by atoms with Gasteiger partial charge in [0.15, 0.2) is 5.79 Å². The molecule has 2 fully saturated rings. The molecule has 134 valence electrons. The fourth-order valence-corrected chi connectivity index (χ4v) is 4.07. The van der Waals surface area contributed by atoms with E-state index in [1.165, 1.54) is 0 Å². The monoisotopic (exact) mass is 344 g/mol. The third kappa shape index (κ3) is 2.64. The molecule has 1 spiro atoms. The smallest absolute Gasteiger partial charge is 0.242 e. The van der Waals surface area contributed by atoms with Gasteiger partial charge < -0.3 is 19.3 Å². The molecule has 0 radical (unpaired) electrons. The van der Waals surface area contributed by atoms with Crippen molar-refractivity contribution in [2.75, 3.05) is 37.7 Å². The Hall–Kier alpha value is -1.92. The average molecular weight is 344 g/mol. The largest absolute Gasteiger partial charge is 0.347 e. The molecular formula is C19H24N2O4. The number of benzene rings is 1. The van der Waals surface area contributed by atoms with Gasteiger partial charge in [-0.2, -0.15) is 0 Å². The summed E-state index contributed by atoms with van der Waals surface area (Å²) in [5.74, 6) is -0.527. The van der Waals surface area contributed by atoms with Crippen molar-refractivity contribution in [2.45, 2.75) is 37.9 Å². The Bertz CT molecular complexity index is 699. The molecule has 0 aromatic heterocycles. The molecule has 2 saturated heterocycles. The molecule has 2 amide bonds. The number of carbonyl (C=O) groups excluding carboxylic acids is 2. The molecule has 0 aliphatic carbocycles. The van der Waals surface area contributed by atoms with Crippen LogP contribution in [0.25, 0.3) is 0 Å². The standard InChI is InChI=1S/C19H24N2O4/c1-18(2)14-5-3-4-6-15(14)21(17(18)23)13-16(22)20-9-7-19(8-10-20)24-11-12-25-19/h3-6H,7-13H2,1-2H3. The lowest BCUT2D eigenvalue weighted by atomic mass is 9.86. The van der Waals surface area contributed by atoms with E-state index in [1.54, 1.807) is 4.90 Å². The number of hydrogen-bond acceptors (Lipinski definition) is 4. The second kappa shape index (κ2) is 5.81. The molecule has 6 nitrogen and oxygen atoms in total. The molecule has 0 saturated carbocycles. The van der Waals surface area contributed by atoms with Gasteiger partial charge in [0.2, 0.25) is 11.8 Å². The molecule has 1 aromatic carbocycles. The van der Waals surface area contributed by atoms with Gasteiger partial charge in [-0.3, -0.25) is 9.59 Å². The van der Waals surface area contributed by atoms with Crippen LogP contribution in [0.4, 0.5) is 5.69 Å². The van der Waals surface area contributed by atoms with Crippen molar-refractivity contribution in [2.24, 2.45) is 0 Å². The zero-order chi connectivity index (χ0) is 17.7. The zero-order valence-electron chi connectivity index (χ0n) is 14.8. The van der Waals surface area contributed by atoms with Gasteiger partial charge in [0, 0.05) is 31.6 Å². The van der Waals surface area contributed by atoms with Crippen LogP contribution in [-0.2, 0) is 24.5 Å². The Morgan fingerprint density at radius 1 is 1.12 bits per heavy atom. The maximum Gasteiger partial charge on any atom is 0.242 e. The number of nitrogens with zero attached hydrogens (tertiary/aromatic N) is 2. The Labute approximate surface area is 147 Å². The number of amides is 2. The highest BCUT2D eigenvalue weighted by Crippen LogP contribution is 2.41. The Kier molecular flexibility index (Phi) is 3.85. The van der Waals surface area contributed by atoms with E-state index in [2.05, 4.69) is 0 Å². The summed E-state index contributed by atoms with van der Waals surface area (Å²) in [5.41, 5.74) is 1.24. The maximum atomic E-state index is 12.8. The van der Waals surface area contributed by atoms with Crippen LogP contribution in [0.2, 0.25) is 0 Å². The van der Waals surface area contributed by atoms with Crippen molar-refractivity contribution < 1.29 is 19.1 Å². The van der Waals surface area contributed by atoms with Crippen LogP contribution in [0.3, 0.4) is 0 Å². The SMILES string of the molecule is CC1(C)C(=O)N(CC(=O)N2CCC3(CC2)OCCO3)c2ccccc21. The van der Waals surface area contributed by atoms with Gasteiger partial charge in [0.1, 0.15) is 6.54 Å². The summed E-state index contributed by atoms with van der Waals surface area (Å²) in [6, 6.07) is 7.73. The van der Waals surface area contributed by atoms with Crippen molar-refractivity contribution in [1.29, 1.82) is 0 Å². The first-order valence-electron chi connectivity index (χ1n) is 8.90. The van der Waals surface area contributed by atoms with Crippen LogP contribution >= 0.6 is 0 Å².